The fraction of sp³-hybridized carbons (Fsp3) is 0.100. The van der Waals surface area contributed by atoms with E-state index in [1.54, 1.807) is 6.08 Å². The summed E-state index contributed by atoms with van der Waals surface area (Å²) in [6, 6.07) is 7.88. The largest absolute Gasteiger partial charge is 0.323 e. The minimum absolute atomic E-state index is 0.825. The van der Waals surface area contributed by atoms with Crippen LogP contribution in [0.15, 0.2) is 35.9 Å². The smallest absolute Gasteiger partial charge is 0.0647 e. The summed E-state index contributed by atoms with van der Waals surface area (Å²) in [7, 11) is 0. The van der Waals surface area contributed by atoms with Crippen molar-refractivity contribution < 1.29 is 0 Å². The van der Waals surface area contributed by atoms with Crippen molar-refractivity contribution in [2.45, 2.75) is 6.92 Å². The first-order valence-electron chi connectivity index (χ1n) is 3.76. The van der Waals surface area contributed by atoms with Crippen LogP contribution in [0.2, 0.25) is 0 Å². The van der Waals surface area contributed by atoms with Crippen LogP contribution in [0.5, 0.6) is 0 Å². The van der Waals surface area contributed by atoms with Gasteiger partial charge in [0.05, 0.1) is 5.71 Å². The average molecular weight is 160 g/mol. The maximum Gasteiger partial charge on any atom is 0.0647 e. The van der Waals surface area contributed by atoms with Gasteiger partial charge in [0, 0.05) is 5.56 Å². The zero-order chi connectivity index (χ0) is 8.97. The normalized spacial score (nSPS) is 11.2. The summed E-state index contributed by atoms with van der Waals surface area (Å²) in [5.74, 6) is 5.18. The molecule has 0 heterocycles. The van der Waals surface area contributed by atoms with Crippen molar-refractivity contribution in [2.75, 3.05) is 0 Å². The molecular formula is C10H12N2. The van der Waals surface area contributed by atoms with Gasteiger partial charge in [-0.2, -0.15) is 5.10 Å². The van der Waals surface area contributed by atoms with Gasteiger partial charge in [0.1, 0.15) is 0 Å². The van der Waals surface area contributed by atoms with Gasteiger partial charge in [0.25, 0.3) is 0 Å². The number of benzene rings is 1. The summed E-state index contributed by atoms with van der Waals surface area (Å²) in [6.45, 7) is 5.59. The zero-order valence-corrected chi connectivity index (χ0v) is 7.12. The van der Waals surface area contributed by atoms with Crippen molar-refractivity contribution in [1.82, 2.24) is 0 Å². The Morgan fingerprint density at radius 1 is 1.50 bits per heavy atom. The number of nitrogens with zero attached hydrogens (tertiary/aromatic N) is 1. The van der Waals surface area contributed by atoms with Gasteiger partial charge in [-0.15, -0.1) is 0 Å². The first kappa shape index (κ1) is 8.53. The summed E-state index contributed by atoms with van der Waals surface area (Å²) < 4.78 is 0. The molecule has 0 spiro atoms. The highest BCUT2D eigenvalue weighted by molar-refractivity contribution is 6.01. The third kappa shape index (κ3) is 1.53. The van der Waals surface area contributed by atoms with Gasteiger partial charge in [-0.3, -0.25) is 0 Å². The molecule has 0 saturated heterocycles. The van der Waals surface area contributed by atoms with Crippen LogP contribution in [0.25, 0.3) is 6.08 Å². The predicted octanol–water partition coefficient (Wildman–Crippen LogP) is 2.01. The Hall–Kier alpha value is -1.57. The maximum absolute atomic E-state index is 5.18. The molecular weight excluding hydrogens is 148 g/mol. The van der Waals surface area contributed by atoms with Crippen LogP contribution in [0.3, 0.4) is 0 Å². The molecule has 2 heteroatoms. The average Bonchev–Trinajstić information content (AvgIpc) is 2.16. The van der Waals surface area contributed by atoms with Gasteiger partial charge in [0.15, 0.2) is 0 Å². The lowest BCUT2D eigenvalue weighted by atomic mass is 10.0. The Morgan fingerprint density at radius 3 is 2.75 bits per heavy atom. The summed E-state index contributed by atoms with van der Waals surface area (Å²) in [5.41, 5.74) is 2.92. The highest BCUT2D eigenvalue weighted by atomic mass is 15.1. The first-order chi connectivity index (χ1) is 5.79. The Balaban J connectivity index is 3.22. The van der Waals surface area contributed by atoms with E-state index in [0.29, 0.717) is 0 Å². The van der Waals surface area contributed by atoms with Gasteiger partial charge in [0.2, 0.25) is 0 Å². The van der Waals surface area contributed by atoms with Crippen LogP contribution in [0.1, 0.15) is 18.1 Å². The van der Waals surface area contributed by atoms with E-state index >= 15 is 0 Å². The molecule has 0 bridgehead atoms. The molecule has 0 aliphatic carbocycles. The fourth-order valence-corrected chi connectivity index (χ4v) is 1.07. The van der Waals surface area contributed by atoms with E-state index in [-0.39, 0.29) is 0 Å². The first-order valence-corrected chi connectivity index (χ1v) is 3.76. The molecule has 0 aliphatic heterocycles. The fourth-order valence-electron chi connectivity index (χ4n) is 1.07. The van der Waals surface area contributed by atoms with Crippen LogP contribution >= 0.6 is 0 Å². The summed E-state index contributed by atoms with van der Waals surface area (Å²) in [5, 5.41) is 3.64. The number of rotatable bonds is 2. The quantitative estimate of drug-likeness (QED) is 0.401. The Morgan fingerprint density at radius 2 is 2.17 bits per heavy atom. The monoisotopic (exact) mass is 160 g/mol. The van der Waals surface area contributed by atoms with Crippen molar-refractivity contribution in [2.24, 2.45) is 10.9 Å². The SMILES string of the molecule is C=Cc1ccccc1C(C)=NN. The van der Waals surface area contributed by atoms with Crippen molar-refractivity contribution in [1.29, 1.82) is 0 Å². The molecule has 0 aliphatic rings. The molecule has 1 aromatic carbocycles. The third-order valence-electron chi connectivity index (χ3n) is 1.76. The van der Waals surface area contributed by atoms with E-state index in [4.69, 9.17) is 5.84 Å². The van der Waals surface area contributed by atoms with Crippen molar-refractivity contribution in [3.8, 4) is 0 Å². The molecule has 0 saturated carbocycles. The molecule has 0 atom stereocenters. The van der Waals surface area contributed by atoms with Crippen molar-refractivity contribution in [3.63, 3.8) is 0 Å². The molecule has 0 unspecified atom stereocenters. The van der Waals surface area contributed by atoms with Crippen molar-refractivity contribution in [3.05, 3.63) is 42.0 Å². The van der Waals surface area contributed by atoms with Gasteiger partial charge < -0.3 is 5.84 Å². The van der Waals surface area contributed by atoms with E-state index in [0.717, 1.165) is 16.8 Å². The lowest BCUT2D eigenvalue weighted by molar-refractivity contribution is 1.24. The highest BCUT2D eigenvalue weighted by Gasteiger charge is 1.99. The van der Waals surface area contributed by atoms with Gasteiger partial charge >= 0.3 is 0 Å². The van der Waals surface area contributed by atoms with Crippen LogP contribution in [0, 0.1) is 0 Å². The second-order valence-corrected chi connectivity index (χ2v) is 2.51. The summed E-state index contributed by atoms with van der Waals surface area (Å²) in [6.07, 6.45) is 1.80. The summed E-state index contributed by atoms with van der Waals surface area (Å²) >= 11 is 0. The van der Waals surface area contributed by atoms with Crippen molar-refractivity contribution >= 4 is 11.8 Å². The summed E-state index contributed by atoms with van der Waals surface area (Å²) in [4.78, 5) is 0. The Bertz CT molecular complexity index is 313. The minimum atomic E-state index is 0.825. The number of hydrogen-bond acceptors (Lipinski definition) is 2. The predicted molar refractivity (Wildman–Crippen MR) is 52.9 cm³/mol. The highest BCUT2D eigenvalue weighted by Crippen LogP contribution is 2.10. The van der Waals surface area contributed by atoms with E-state index in [1.807, 2.05) is 31.2 Å². The van der Waals surface area contributed by atoms with Crippen LogP contribution in [0.4, 0.5) is 0 Å². The van der Waals surface area contributed by atoms with E-state index < -0.39 is 0 Å². The molecule has 1 rings (SSSR count). The topological polar surface area (TPSA) is 38.4 Å². The standard InChI is InChI=1S/C10H12N2/c1-3-9-6-4-5-7-10(9)8(2)12-11/h3-7H,1,11H2,2H3. The maximum atomic E-state index is 5.18. The molecule has 2 N–H and O–H groups in total. The van der Waals surface area contributed by atoms with Crippen LogP contribution in [-0.2, 0) is 0 Å². The molecule has 0 aromatic heterocycles. The molecule has 2 nitrogen and oxygen atoms in total. The van der Waals surface area contributed by atoms with Gasteiger partial charge in [-0.1, -0.05) is 36.9 Å². The number of hydrogen-bond donors (Lipinski definition) is 1. The zero-order valence-electron chi connectivity index (χ0n) is 7.12. The minimum Gasteiger partial charge on any atom is -0.323 e. The third-order valence-corrected chi connectivity index (χ3v) is 1.76. The lowest BCUT2D eigenvalue weighted by Crippen LogP contribution is -2.00. The molecule has 0 amide bonds. The molecule has 12 heavy (non-hydrogen) atoms. The second-order valence-electron chi connectivity index (χ2n) is 2.51. The molecule has 0 fully saturated rings. The van der Waals surface area contributed by atoms with Gasteiger partial charge in [-0.25, -0.2) is 0 Å². The van der Waals surface area contributed by atoms with Crippen LogP contribution in [-0.4, -0.2) is 5.71 Å². The number of nitrogens with two attached hydrogens (primary N) is 1. The Kier molecular flexibility index (Phi) is 2.64. The molecule has 62 valence electrons. The molecule has 1 aromatic rings. The Labute approximate surface area is 72.4 Å². The van der Waals surface area contributed by atoms with Gasteiger partial charge in [-0.05, 0) is 12.5 Å². The second kappa shape index (κ2) is 3.72. The van der Waals surface area contributed by atoms with E-state index in [2.05, 4.69) is 11.7 Å². The molecule has 0 radical (unpaired) electrons. The van der Waals surface area contributed by atoms with E-state index in [9.17, 15) is 0 Å². The lowest BCUT2D eigenvalue weighted by Gasteiger charge is -2.02. The number of hydrazone groups is 1. The van der Waals surface area contributed by atoms with Crippen LogP contribution < -0.4 is 5.84 Å². The van der Waals surface area contributed by atoms with E-state index in [1.165, 1.54) is 0 Å².